The molecule has 0 saturated carbocycles. The van der Waals surface area contributed by atoms with E-state index in [0.717, 1.165) is 0 Å². The van der Waals surface area contributed by atoms with Gasteiger partial charge < -0.3 is 10.4 Å². The van der Waals surface area contributed by atoms with Crippen LogP contribution >= 0.6 is 23.2 Å². The van der Waals surface area contributed by atoms with Crippen LogP contribution in [0.15, 0.2) is 47.4 Å². The van der Waals surface area contributed by atoms with Gasteiger partial charge in [0.2, 0.25) is 0 Å². The molecule has 7 heteroatoms. The average Bonchev–Trinajstić information content (AvgIpc) is 2.49. The molecule has 0 atom stereocenters. The van der Waals surface area contributed by atoms with Crippen LogP contribution in [0.4, 0.5) is 11.5 Å². The fraction of sp³-hybridized carbons (Fsp3) is 0.0667. The van der Waals surface area contributed by atoms with Gasteiger partial charge in [-0.1, -0.05) is 29.3 Å². The van der Waals surface area contributed by atoms with Crippen molar-refractivity contribution in [2.45, 2.75) is 6.61 Å². The van der Waals surface area contributed by atoms with Crippen LogP contribution in [0.5, 0.6) is 0 Å². The maximum atomic E-state index is 12.4. The van der Waals surface area contributed by atoms with Crippen LogP contribution in [0, 0.1) is 0 Å². The number of benzene rings is 1. The topological polar surface area (TPSA) is 66.6 Å². The average molecular weight is 336 g/mol. The maximum Gasteiger partial charge on any atom is 0.265 e. The van der Waals surface area contributed by atoms with Gasteiger partial charge in [-0.25, -0.2) is 4.98 Å². The van der Waals surface area contributed by atoms with Crippen molar-refractivity contribution in [3.05, 3.63) is 68.6 Å². The van der Waals surface area contributed by atoms with Gasteiger partial charge in [0.15, 0.2) is 5.65 Å². The highest BCUT2D eigenvalue weighted by Gasteiger charge is 2.14. The minimum atomic E-state index is -0.440. The molecule has 2 heterocycles. The smallest absolute Gasteiger partial charge is 0.265 e. The molecule has 0 amide bonds. The molecule has 112 valence electrons. The number of rotatable bonds is 3. The molecule has 0 bridgehead atoms. The Labute approximate surface area is 135 Å². The Morgan fingerprint density at radius 1 is 1.23 bits per heavy atom. The van der Waals surface area contributed by atoms with E-state index in [9.17, 15) is 9.90 Å². The molecule has 22 heavy (non-hydrogen) atoms. The SMILES string of the molecule is O=c1c(CO)c(Nc2cccc(Cl)c2)nc2c(Cl)cccn12. The Morgan fingerprint density at radius 2 is 2.05 bits per heavy atom. The summed E-state index contributed by atoms with van der Waals surface area (Å²) in [5.74, 6) is 0.253. The van der Waals surface area contributed by atoms with Crippen LogP contribution in [-0.2, 0) is 6.61 Å². The monoisotopic (exact) mass is 335 g/mol. The molecule has 0 aliphatic rings. The number of aliphatic hydroxyl groups excluding tert-OH is 1. The summed E-state index contributed by atoms with van der Waals surface area (Å²) < 4.78 is 1.30. The Balaban J connectivity index is 2.20. The Hall–Kier alpha value is -2.08. The zero-order valence-corrected chi connectivity index (χ0v) is 12.8. The van der Waals surface area contributed by atoms with Gasteiger partial charge in [-0.2, -0.15) is 0 Å². The standard InChI is InChI=1S/C15H11Cl2N3O2/c16-9-3-1-4-10(7-9)18-13-11(8-21)15(22)20-6-2-5-12(17)14(20)19-13/h1-7,18,21H,8H2. The summed E-state index contributed by atoms with van der Waals surface area (Å²) >= 11 is 12.0. The lowest BCUT2D eigenvalue weighted by atomic mass is 10.2. The number of hydrogen-bond donors (Lipinski definition) is 2. The number of nitrogens with zero attached hydrogens (tertiary/aromatic N) is 2. The Bertz CT molecular complexity index is 909. The summed E-state index contributed by atoms with van der Waals surface area (Å²) in [4.78, 5) is 16.8. The van der Waals surface area contributed by atoms with Gasteiger partial charge in [0, 0.05) is 16.9 Å². The van der Waals surface area contributed by atoms with Gasteiger partial charge in [-0.15, -0.1) is 0 Å². The fourth-order valence-electron chi connectivity index (χ4n) is 2.11. The minimum absolute atomic E-state index is 0.153. The highest BCUT2D eigenvalue weighted by atomic mass is 35.5. The zero-order chi connectivity index (χ0) is 15.7. The highest BCUT2D eigenvalue weighted by Crippen LogP contribution is 2.22. The molecule has 0 unspecified atom stereocenters. The first-order valence-corrected chi connectivity index (χ1v) is 7.19. The molecule has 0 saturated heterocycles. The summed E-state index contributed by atoms with van der Waals surface area (Å²) in [5, 5.41) is 13.4. The Kier molecular flexibility index (Phi) is 4.02. The summed E-state index contributed by atoms with van der Waals surface area (Å²) in [6.07, 6.45) is 1.55. The van der Waals surface area contributed by atoms with Gasteiger partial charge >= 0.3 is 0 Å². The van der Waals surface area contributed by atoms with Crippen LogP contribution in [0.1, 0.15) is 5.56 Å². The van der Waals surface area contributed by atoms with E-state index in [-0.39, 0.29) is 16.9 Å². The largest absolute Gasteiger partial charge is 0.391 e. The number of pyridine rings is 1. The van der Waals surface area contributed by atoms with Gasteiger partial charge in [-0.05, 0) is 30.3 Å². The third-order valence-electron chi connectivity index (χ3n) is 3.15. The molecule has 0 radical (unpaired) electrons. The van der Waals surface area contributed by atoms with Gasteiger partial charge in [0.05, 0.1) is 17.2 Å². The predicted molar refractivity (Wildman–Crippen MR) is 87.1 cm³/mol. The molecule has 0 aliphatic carbocycles. The van der Waals surface area contributed by atoms with E-state index in [1.807, 2.05) is 0 Å². The lowest BCUT2D eigenvalue weighted by molar-refractivity contribution is 0.280. The number of aliphatic hydroxyl groups is 1. The van der Waals surface area contributed by atoms with Crippen molar-refractivity contribution >= 4 is 40.4 Å². The van der Waals surface area contributed by atoms with E-state index in [0.29, 0.717) is 21.4 Å². The third kappa shape index (κ3) is 2.66. The van der Waals surface area contributed by atoms with Crippen molar-refractivity contribution in [1.82, 2.24) is 9.38 Å². The van der Waals surface area contributed by atoms with E-state index < -0.39 is 6.61 Å². The number of aromatic nitrogens is 2. The number of hydrogen-bond acceptors (Lipinski definition) is 4. The van der Waals surface area contributed by atoms with Crippen LogP contribution in [0.25, 0.3) is 5.65 Å². The molecule has 0 spiro atoms. The molecular weight excluding hydrogens is 325 g/mol. The van der Waals surface area contributed by atoms with Crippen LogP contribution in [0.2, 0.25) is 10.0 Å². The molecule has 3 rings (SSSR count). The summed E-state index contributed by atoms with van der Waals surface area (Å²) in [6.45, 7) is -0.440. The van der Waals surface area contributed by atoms with Crippen molar-refractivity contribution in [1.29, 1.82) is 0 Å². The summed E-state index contributed by atoms with van der Waals surface area (Å²) in [7, 11) is 0. The first-order chi connectivity index (χ1) is 10.6. The molecule has 0 aliphatic heterocycles. The molecule has 2 N–H and O–H groups in total. The van der Waals surface area contributed by atoms with Crippen molar-refractivity contribution in [2.75, 3.05) is 5.32 Å². The second-order valence-corrected chi connectivity index (χ2v) is 5.43. The number of fused-ring (bicyclic) bond motifs is 1. The second-order valence-electron chi connectivity index (χ2n) is 4.59. The lowest BCUT2D eigenvalue weighted by Crippen LogP contribution is -2.22. The molecule has 1 aromatic carbocycles. The number of anilines is 2. The number of nitrogens with one attached hydrogen (secondary N) is 1. The first kappa shape index (κ1) is 14.8. The summed E-state index contributed by atoms with van der Waals surface area (Å²) in [6, 6.07) is 10.3. The molecule has 2 aromatic heterocycles. The third-order valence-corrected chi connectivity index (χ3v) is 3.68. The van der Waals surface area contributed by atoms with E-state index in [1.54, 1.807) is 42.6 Å². The van der Waals surface area contributed by atoms with Gasteiger partial charge in [-0.3, -0.25) is 9.20 Å². The molecule has 3 aromatic rings. The molecule has 0 fully saturated rings. The lowest BCUT2D eigenvalue weighted by Gasteiger charge is -2.12. The fourth-order valence-corrected chi connectivity index (χ4v) is 2.51. The van der Waals surface area contributed by atoms with Crippen LogP contribution in [0.3, 0.4) is 0 Å². The predicted octanol–water partition coefficient (Wildman–Crippen LogP) is 3.24. The molecular formula is C15H11Cl2N3O2. The zero-order valence-electron chi connectivity index (χ0n) is 11.3. The Morgan fingerprint density at radius 3 is 2.77 bits per heavy atom. The van der Waals surface area contributed by atoms with Crippen LogP contribution < -0.4 is 10.9 Å². The first-order valence-electron chi connectivity index (χ1n) is 6.43. The molecule has 5 nitrogen and oxygen atoms in total. The van der Waals surface area contributed by atoms with Crippen molar-refractivity contribution in [3.63, 3.8) is 0 Å². The quantitative estimate of drug-likeness (QED) is 0.771. The summed E-state index contributed by atoms with van der Waals surface area (Å²) in [5.41, 5.74) is 0.751. The van der Waals surface area contributed by atoms with E-state index in [2.05, 4.69) is 10.3 Å². The van der Waals surface area contributed by atoms with Gasteiger partial charge in [0.1, 0.15) is 5.82 Å². The van der Waals surface area contributed by atoms with Crippen molar-refractivity contribution in [2.24, 2.45) is 0 Å². The maximum absolute atomic E-state index is 12.4. The van der Waals surface area contributed by atoms with E-state index in [4.69, 9.17) is 23.2 Å². The van der Waals surface area contributed by atoms with Crippen LogP contribution in [-0.4, -0.2) is 14.5 Å². The highest BCUT2D eigenvalue weighted by molar-refractivity contribution is 6.33. The van der Waals surface area contributed by atoms with Crippen molar-refractivity contribution in [3.8, 4) is 0 Å². The number of halogens is 2. The van der Waals surface area contributed by atoms with E-state index >= 15 is 0 Å². The van der Waals surface area contributed by atoms with Crippen molar-refractivity contribution < 1.29 is 5.11 Å². The second kappa shape index (κ2) is 5.96. The normalized spacial score (nSPS) is 10.9. The minimum Gasteiger partial charge on any atom is -0.391 e. The van der Waals surface area contributed by atoms with Gasteiger partial charge in [0.25, 0.3) is 5.56 Å². The van der Waals surface area contributed by atoms with E-state index in [1.165, 1.54) is 4.40 Å².